The number of rotatable bonds is 4. The largest absolute Gasteiger partial charge is 0.206 e. The molecule has 0 aliphatic rings. The van der Waals surface area contributed by atoms with Crippen molar-refractivity contribution >= 4 is 34.4 Å². The second kappa shape index (κ2) is 8.83. The average Bonchev–Trinajstić information content (AvgIpc) is 3.09. The van der Waals surface area contributed by atoms with Crippen LogP contribution in [0.25, 0.3) is 11.1 Å². The molecule has 0 saturated heterocycles. The second-order valence-corrected chi connectivity index (χ2v) is 7.18. The van der Waals surface area contributed by atoms with Crippen molar-refractivity contribution in [3.05, 3.63) is 75.5 Å². The van der Waals surface area contributed by atoms with E-state index in [1.165, 1.54) is 17.0 Å². The van der Waals surface area contributed by atoms with Crippen LogP contribution < -0.4 is 0 Å². The van der Waals surface area contributed by atoms with Gasteiger partial charge in [0.1, 0.15) is 11.6 Å². The number of aryl methyl sites for hydroxylation is 1. The van der Waals surface area contributed by atoms with Gasteiger partial charge in [0.15, 0.2) is 0 Å². The number of hydrogen-bond acceptors (Lipinski definition) is 3. The van der Waals surface area contributed by atoms with E-state index in [4.69, 9.17) is 0 Å². The van der Waals surface area contributed by atoms with Crippen molar-refractivity contribution in [2.75, 3.05) is 0 Å². The van der Waals surface area contributed by atoms with Gasteiger partial charge in [-0.3, -0.25) is 0 Å². The Morgan fingerprint density at radius 2 is 1.70 bits per heavy atom. The summed E-state index contributed by atoms with van der Waals surface area (Å²) in [6.45, 7) is 2.12. The highest BCUT2D eigenvalue weighted by molar-refractivity contribution is 7.78. The van der Waals surface area contributed by atoms with Crippen LogP contribution in [-0.4, -0.2) is 5.16 Å². The molecule has 0 fully saturated rings. The van der Waals surface area contributed by atoms with Crippen LogP contribution in [-0.2, 0) is 6.42 Å². The van der Waals surface area contributed by atoms with E-state index in [1.54, 1.807) is 35.6 Å². The summed E-state index contributed by atoms with van der Waals surface area (Å²) in [5, 5.41) is 2.26. The third kappa shape index (κ3) is 4.75. The third-order valence-corrected chi connectivity index (χ3v) is 5.01. The van der Waals surface area contributed by atoms with Gasteiger partial charge >= 0.3 is 0 Å². The van der Waals surface area contributed by atoms with E-state index >= 15 is 0 Å². The molecule has 0 amide bonds. The zero-order chi connectivity index (χ0) is 19.2. The van der Waals surface area contributed by atoms with Crippen molar-refractivity contribution in [2.24, 2.45) is 4.99 Å². The molecule has 0 aliphatic carbocycles. The number of thiocarbonyl (C=S) groups is 1. The van der Waals surface area contributed by atoms with Gasteiger partial charge < -0.3 is 0 Å². The summed E-state index contributed by atoms with van der Waals surface area (Å²) >= 11 is 6.15. The molecule has 0 spiro atoms. The normalized spacial score (nSPS) is 10.0. The van der Waals surface area contributed by atoms with Crippen molar-refractivity contribution in [3.63, 3.8) is 0 Å². The molecule has 0 radical (unpaired) electrons. The number of halogens is 2. The Morgan fingerprint density at radius 3 is 2.33 bits per heavy atom. The molecule has 1 heterocycles. The molecule has 0 N–H and O–H groups in total. The van der Waals surface area contributed by atoms with Gasteiger partial charge in [-0.05, 0) is 60.6 Å². The van der Waals surface area contributed by atoms with Crippen LogP contribution in [0.1, 0.15) is 28.7 Å². The number of aliphatic imine (C=N–C) groups is 1. The van der Waals surface area contributed by atoms with Crippen LogP contribution in [0.15, 0.2) is 53.5 Å². The lowest BCUT2D eigenvalue weighted by Crippen LogP contribution is -1.92. The van der Waals surface area contributed by atoms with E-state index in [-0.39, 0.29) is 5.56 Å². The summed E-state index contributed by atoms with van der Waals surface area (Å²) < 4.78 is 29.0. The topological polar surface area (TPSA) is 12.4 Å². The molecular weight excluding hydrogens is 380 g/mol. The minimum Gasteiger partial charge on any atom is -0.206 e. The van der Waals surface area contributed by atoms with E-state index in [9.17, 15) is 8.78 Å². The highest BCUT2D eigenvalue weighted by Crippen LogP contribution is 2.28. The Labute approximate surface area is 166 Å². The highest BCUT2D eigenvalue weighted by atomic mass is 32.1. The molecule has 2 aromatic carbocycles. The van der Waals surface area contributed by atoms with Gasteiger partial charge in [0.05, 0.1) is 21.3 Å². The number of nitrogens with zero attached hydrogens (tertiary/aromatic N) is 1. The fourth-order valence-electron chi connectivity index (χ4n) is 2.64. The van der Waals surface area contributed by atoms with Crippen molar-refractivity contribution in [1.82, 2.24) is 0 Å². The average molecular weight is 395 g/mol. The fraction of sp³-hybridized carbons (Fsp3) is 0.136. The molecule has 3 aromatic rings. The molecular formula is C22H15F2NS2. The van der Waals surface area contributed by atoms with Gasteiger partial charge in [0, 0.05) is 10.4 Å². The summed E-state index contributed by atoms with van der Waals surface area (Å²) in [5.74, 6) is 4.53. The van der Waals surface area contributed by atoms with Crippen molar-refractivity contribution < 1.29 is 8.78 Å². The Hall–Kier alpha value is -2.64. The monoisotopic (exact) mass is 395 g/mol. The first-order valence-corrected chi connectivity index (χ1v) is 9.61. The molecule has 134 valence electrons. The lowest BCUT2D eigenvalue weighted by Gasteiger charge is -2.06. The zero-order valence-corrected chi connectivity index (χ0v) is 16.2. The van der Waals surface area contributed by atoms with E-state index in [0.29, 0.717) is 16.8 Å². The van der Waals surface area contributed by atoms with Gasteiger partial charge in [-0.15, -0.1) is 11.3 Å². The molecule has 1 nitrogen and oxygen atoms in total. The predicted molar refractivity (Wildman–Crippen MR) is 111 cm³/mol. The van der Waals surface area contributed by atoms with Crippen molar-refractivity contribution in [1.29, 1.82) is 0 Å². The van der Waals surface area contributed by atoms with Crippen LogP contribution in [0.4, 0.5) is 14.5 Å². The first-order chi connectivity index (χ1) is 13.1. The summed E-state index contributed by atoms with van der Waals surface area (Å²) in [6.07, 6.45) is 2.09. The number of thiophene rings is 1. The SMILES string of the molecule is CCCc1ccc(C#Cc2cc(F)c(-c3ccc(N=C=S)cc3)c(F)c2)s1. The van der Waals surface area contributed by atoms with Gasteiger partial charge in [0.25, 0.3) is 0 Å². The smallest absolute Gasteiger partial charge is 0.135 e. The van der Waals surface area contributed by atoms with Crippen LogP contribution in [0.5, 0.6) is 0 Å². The first kappa shape index (κ1) is 19.1. The minimum absolute atomic E-state index is 0.0835. The Balaban J connectivity index is 1.88. The lowest BCUT2D eigenvalue weighted by atomic mass is 10.0. The lowest BCUT2D eigenvalue weighted by molar-refractivity contribution is 0.589. The van der Waals surface area contributed by atoms with Crippen LogP contribution >= 0.6 is 23.6 Å². The number of hydrogen-bond donors (Lipinski definition) is 0. The third-order valence-electron chi connectivity index (χ3n) is 3.86. The molecule has 0 saturated carbocycles. The summed E-state index contributed by atoms with van der Waals surface area (Å²) in [7, 11) is 0. The minimum atomic E-state index is -0.650. The molecule has 0 unspecified atom stereocenters. The standard InChI is InChI=1S/C22H15F2NS2/c1-2-3-18-10-11-19(27-18)9-4-15-12-20(23)22(21(24)13-15)16-5-7-17(8-6-16)25-14-26/h5-8,10-13H,2-3H2,1H3. The Kier molecular flexibility index (Phi) is 6.26. The highest BCUT2D eigenvalue weighted by Gasteiger charge is 2.13. The van der Waals surface area contributed by atoms with Gasteiger partial charge in [0.2, 0.25) is 0 Å². The van der Waals surface area contributed by atoms with Gasteiger partial charge in [-0.25, -0.2) is 8.78 Å². The van der Waals surface area contributed by atoms with Crippen LogP contribution in [0.3, 0.4) is 0 Å². The maximum Gasteiger partial charge on any atom is 0.135 e. The molecule has 3 rings (SSSR count). The van der Waals surface area contributed by atoms with Gasteiger partial charge in [-0.1, -0.05) is 37.3 Å². The fourth-order valence-corrected chi connectivity index (χ4v) is 3.70. The summed E-state index contributed by atoms with van der Waals surface area (Å²) in [4.78, 5) is 5.97. The molecule has 0 aliphatic heterocycles. The predicted octanol–water partition coefficient (Wildman–Crippen LogP) is 6.78. The molecule has 0 atom stereocenters. The molecule has 5 heteroatoms. The van der Waals surface area contributed by atoms with Crippen LogP contribution in [0, 0.1) is 23.5 Å². The van der Waals surface area contributed by atoms with Crippen molar-refractivity contribution in [2.45, 2.75) is 19.8 Å². The van der Waals surface area contributed by atoms with Crippen LogP contribution in [0.2, 0.25) is 0 Å². The Bertz CT molecular complexity index is 1040. The van der Waals surface area contributed by atoms with E-state index in [2.05, 4.69) is 41.1 Å². The quantitative estimate of drug-likeness (QED) is 0.269. The van der Waals surface area contributed by atoms with E-state index < -0.39 is 11.6 Å². The first-order valence-electron chi connectivity index (χ1n) is 8.38. The molecule has 0 bridgehead atoms. The summed E-state index contributed by atoms with van der Waals surface area (Å²) in [5.41, 5.74) is 1.23. The number of isothiocyanates is 1. The Morgan fingerprint density at radius 1 is 1.00 bits per heavy atom. The van der Waals surface area contributed by atoms with E-state index in [1.807, 2.05) is 12.1 Å². The number of benzene rings is 2. The molecule has 27 heavy (non-hydrogen) atoms. The maximum atomic E-state index is 14.5. The van der Waals surface area contributed by atoms with E-state index in [0.717, 1.165) is 17.7 Å². The molecule has 1 aromatic heterocycles. The van der Waals surface area contributed by atoms with Crippen molar-refractivity contribution in [3.8, 4) is 23.0 Å². The second-order valence-electron chi connectivity index (χ2n) is 5.83. The zero-order valence-electron chi connectivity index (χ0n) is 14.6. The summed E-state index contributed by atoms with van der Waals surface area (Å²) in [6, 6.07) is 13.0. The van der Waals surface area contributed by atoms with Gasteiger partial charge in [-0.2, -0.15) is 4.99 Å². The maximum absolute atomic E-state index is 14.5.